The predicted molar refractivity (Wildman–Crippen MR) is 83.1 cm³/mol. The average molecular weight is 328 g/mol. The van der Waals surface area contributed by atoms with Crippen LogP contribution in [0, 0.1) is 0 Å². The van der Waals surface area contributed by atoms with Crippen molar-refractivity contribution >= 4 is 17.5 Å². The van der Waals surface area contributed by atoms with Crippen molar-refractivity contribution in [1.29, 1.82) is 0 Å². The van der Waals surface area contributed by atoms with E-state index in [0.29, 0.717) is 23.4 Å². The van der Waals surface area contributed by atoms with Crippen LogP contribution in [0.15, 0.2) is 36.7 Å². The number of hydrogen-bond donors (Lipinski definition) is 1. The van der Waals surface area contributed by atoms with E-state index in [4.69, 9.17) is 15.2 Å². The van der Waals surface area contributed by atoms with E-state index in [1.807, 2.05) is 0 Å². The molecular weight excluding hydrogens is 312 g/mol. The summed E-state index contributed by atoms with van der Waals surface area (Å²) in [6.07, 6.45) is 2.74. The van der Waals surface area contributed by atoms with Gasteiger partial charge in [0.2, 0.25) is 0 Å². The first-order valence-corrected chi connectivity index (χ1v) is 7.61. The number of imide groups is 1. The highest BCUT2D eigenvalue weighted by molar-refractivity contribution is 6.21. The molecule has 0 aliphatic carbocycles. The SMILES string of the molecule is Nc1cnn(CC2OCC(N3C(=O)c4ccccc4C3=O)CO2)c1. The highest BCUT2D eigenvalue weighted by Gasteiger charge is 2.41. The summed E-state index contributed by atoms with van der Waals surface area (Å²) in [5, 5.41) is 4.07. The van der Waals surface area contributed by atoms with Crippen LogP contribution in [0.2, 0.25) is 0 Å². The Balaban J connectivity index is 1.41. The molecule has 3 heterocycles. The lowest BCUT2D eigenvalue weighted by molar-refractivity contribution is -0.203. The molecule has 0 spiro atoms. The van der Waals surface area contributed by atoms with Crippen molar-refractivity contribution in [3.05, 3.63) is 47.8 Å². The molecule has 24 heavy (non-hydrogen) atoms. The fourth-order valence-electron chi connectivity index (χ4n) is 2.96. The van der Waals surface area contributed by atoms with Crippen molar-refractivity contribution in [3.8, 4) is 0 Å². The van der Waals surface area contributed by atoms with Gasteiger partial charge in [-0.1, -0.05) is 12.1 Å². The molecule has 8 heteroatoms. The standard InChI is InChI=1S/C16H16N4O4/c17-10-5-18-19(6-10)7-14-23-8-11(9-24-14)20-15(21)12-3-1-2-4-13(12)16(20)22/h1-6,11,14H,7-9,17H2. The van der Waals surface area contributed by atoms with Gasteiger partial charge < -0.3 is 15.2 Å². The quantitative estimate of drug-likeness (QED) is 0.824. The molecule has 1 aromatic carbocycles. The van der Waals surface area contributed by atoms with Crippen molar-refractivity contribution < 1.29 is 19.1 Å². The minimum absolute atomic E-state index is 0.229. The summed E-state index contributed by atoms with van der Waals surface area (Å²) < 4.78 is 12.9. The highest BCUT2D eigenvalue weighted by atomic mass is 16.7. The Morgan fingerprint density at radius 3 is 2.29 bits per heavy atom. The number of anilines is 1. The topological polar surface area (TPSA) is 99.7 Å². The third-order valence-electron chi connectivity index (χ3n) is 4.13. The molecule has 1 aromatic heterocycles. The molecule has 2 aliphatic rings. The number of hydrogen-bond acceptors (Lipinski definition) is 6. The number of nitrogens with two attached hydrogens (primary N) is 1. The molecular formula is C16H16N4O4. The van der Waals surface area contributed by atoms with E-state index in [9.17, 15) is 9.59 Å². The predicted octanol–water partition coefficient (Wildman–Crippen LogP) is 0.503. The van der Waals surface area contributed by atoms with E-state index in [0.717, 1.165) is 0 Å². The van der Waals surface area contributed by atoms with Gasteiger partial charge in [0.15, 0.2) is 6.29 Å². The summed E-state index contributed by atoms with van der Waals surface area (Å²) in [4.78, 5) is 26.1. The average Bonchev–Trinajstić information content (AvgIpc) is 3.11. The lowest BCUT2D eigenvalue weighted by atomic mass is 10.1. The first-order valence-electron chi connectivity index (χ1n) is 7.61. The van der Waals surface area contributed by atoms with Crippen LogP contribution in [-0.2, 0) is 16.0 Å². The Labute approximate surface area is 137 Å². The molecule has 1 saturated heterocycles. The number of ether oxygens (including phenoxy) is 2. The lowest BCUT2D eigenvalue weighted by Crippen LogP contribution is -2.50. The number of amides is 2. The number of rotatable bonds is 3. The number of fused-ring (bicyclic) bond motifs is 1. The van der Waals surface area contributed by atoms with Gasteiger partial charge in [-0.3, -0.25) is 19.2 Å². The Kier molecular flexibility index (Phi) is 3.55. The zero-order chi connectivity index (χ0) is 16.7. The maximum absolute atomic E-state index is 12.4. The highest BCUT2D eigenvalue weighted by Crippen LogP contribution is 2.26. The third-order valence-corrected chi connectivity index (χ3v) is 4.13. The van der Waals surface area contributed by atoms with Gasteiger partial charge in [-0.2, -0.15) is 5.10 Å². The molecule has 0 saturated carbocycles. The molecule has 2 aliphatic heterocycles. The number of benzene rings is 1. The lowest BCUT2D eigenvalue weighted by Gasteiger charge is -2.33. The van der Waals surface area contributed by atoms with Gasteiger partial charge in [0.25, 0.3) is 11.8 Å². The van der Waals surface area contributed by atoms with Crippen LogP contribution >= 0.6 is 0 Å². The number of aromatic nitrogens is 2. The normalized spacial score (nSPS) is 23.6. The Morgan fingerprint density at radius 1 is 1.12 bits per heavy atom. The van der Waals surface area contributed by atoms with Crippen LogP contribution in [-0.4, -0.2) is 52.0 Å². The van der Waals surface area contributed by atoms with Crippen LogP contribution in [0.4, 0.5) is 5.69 Å². The van der Waals surface area contributed by atoms with E-state index < -0.39 is 12.3 Å². The summed E-state index contributed by atoms with van der Waals surface area (Å²) in [6, 6.07) is 6.37. The minimum atomic E-state index is -0.490. The third kappa shape index (κ3) is 2.45. The van der Waals surface area contributed by atoms with E-state index in [1.54, 1.807) is 41.3 Å². The summed E-state index contributed by atoms with van der Waals surface area (Å²) >= 11 is 0. The fourth-order valence-corrected chi connectivity index (χ4v) is 2.96. The first kappa shape index (κ1) is 14.9. The first-order chi connectivity index (χ1) is 11.6. The zero-order valence-electron chi connectivity index (χ0n) is 12.8. The zero-order valence-corrected chi connectivity index (χ0v) is 12.8. The minimum Gasteiger partial charge on any atom is -0.396 e. The van der Waals surface area contributed by atoms with Gasteiger partial charge in [0.1, 0.15) is 0 Å². The van der Waals surface area contributed by atoms with Gasteiger partial charge in [-0.05, 0) is 12.1 Å². The van der Waals surface area contributed by atoms with Crippen LogP contribution < -0.4 is 5.73 Å². The second-order valence-electron chi connectivity index (χ2n) is 5.77. The Hall–Kier alpha value is -2.71. The molecule has 2 aromatic rings. The smallest absolute Gasteiger partial charge is 0.261 e. The van der Waals surface area contributed by atoms with Crippen molar-refractivity contribution in [2.45, 2.75) is 18.9 Å². The monoisotopic (exact) mass is 328 g/mol. The van der Waals surface area contributed by atoms with Gasteiger partial charge in [0, 0.05) is 6.20 Å². The van der Waals surface area contributed by atoms with E-state index in [1.165, 1.54) is 4.90 Å². The Morgan fingerprint density at radius 2 is 1.75 bits per heavy atom. The van der Waals surface area contributed by atoms with Gasteiger partial charge >= 0.3 is 0 Å². The van der Waals surface area contributed by atoms with Crippen molar-refractivity contribution in [2.75, 3.05) is 18.9 Å². The number of carbonyl (C=O) groups is 2. The second kappa shape index (κ2) is 5.73. The Bertz CT molecular complexity index is 760. The summed E-state index contributed by atoms with van der Waals surface area (Å²) in [5.41, 5.74) is 7.03. The largest absolute Gasteiger partial charge is 0.396 e. The van der Waals surface area contributed by atoms with Crippen LogP contribution in [0.5, 0.6) is 0 Å². The van der Waals surface area contributed by atoms with E-state index >= 15 is 0 Å². The molecule has 0 unspecified atom stereocenters. The maximum Gasteiger partial charge on any atom is 0.261 e. The van der Waals surface area contributed by atoms with Gasteiger partial charge in [0.05, 0.1) is 48.8 Å². The van der Waals surface area contributed by atoms with E-state index in [2.05, 4.69) is 5.10 Å². The number of nitrogen functional groups attached to an aromatic ring is 1. The van der Waals surface area contributed by atoms with Crippen LogP contribution in [0.25, 0.3) is 0 Å². The van der Waals surface area contributed by atoms with Crippen LogP contribution in [0.3, 0.4) is 0 Å². The molecule has 2 amide bonds. The fraction of sp³-hybridized carbons (Fsp3) is 0.312. The maximum atomic E-state index is 12.4. The van der Waals surface area contributed by atoms with Gasteiger partial charge in [-0.25, -0.2) is 0 Å². The molecule has 2 N–H and O–H groups in total. The molecule has 0 bridgehead atoms. The number of carbonyl (C=O) groups excluding carboxylic acids is 2. The van der Waals surface area contributed by atoms with Crippen molar-refractivity contribution in [1.82, 2.24) is 14.7 Å². The summed E-state index contributed by atoms with van der Waals surface area (Å²) in [6.45, 7) is 0.853. The number of nitrogens with zero attached hydrogens (tertiary/aromatic N) is 3. The molecule has 4 rings (SSSR count). The molecule has 1 fully saturated rings. The molecule has 8 nitrogen and oxygen atoms in total. The summed E-state index contributed by atoms with van der Waals surface area (Å²) in [5.74, 6) is -0.600. The van der Waals surface area contributed by atoms with Crippen LogP contribution in [0.1, 0.15) is 20.7 Å². The van der Waals surface area contributed by atoms with E-state index in [-0.39, 0.29) is 25.0 Å². The second-order valence-corrected chi connectivity index (χ2v) is 5.77. The molecule has 124 valence electrons. The van der Waals surface area contributed by atoms with Crippen molar-refractivity contribution in [3.63, 3.8) is 0 Å². The summed E-state index contributed by atoms with van der Waals surface area (Å²) in [7, 11) is 0. The molecule has 0 atom stereocenters. The molecule has 0 radical (unpaired) electrons. The van der Waals surface area contributed by atoms with Gasteiger partial charge in [-0.15, -0.1) is 0 Å². The van der Waals surface area contributed by atoms with Crippen molar-refractivity contribution in [2.24, 2.45) is 0 Å².